The fourth-order valence-corrected chi connectivity index (χ4v) is 2.52. The summed E-state index contributed by atoms with van der Waals surface area (Å²) in [7, 11) is 1.63. The van der Waals surface area contributed by atoms with E-state index in [1.54, 1.807) is 38.2 Å². The number of nitrogens with zero attached hydrogens (tertiary/aromatic N) is 1. The summed E-state index contributed by atoms with van der Waals surface area (Å²) in [5, 5.41) is 3.44. The monoisotopic (exact) mass is 336 g/mol. The molecule has 124 valence electrons. The van der Waals surface area contributed by atoms with Gasteiger partial charge in [-0.1, -0.05) is 37.1 Å². The maximum absolute atomic E-state index is 12.5. The minimum atomic E-state index is -0.537. The average Bonchev–Trinajstić information content (AvgIpc) is 2.53. The Balaban J connectivity index is 2.35. The van der Waals surface area contributed by atoms with Crippen molar-refractivity contribution in [1.82, 2.24) is 10.2 Å². The molecular weight excluding hydrogens is 316 g/mol. The molecule has 1 N–H and O–H groups in total. The molecule has 2 rings (SSSR count). The van der Waals surface area contributed by atoms with Gasteiger partial charge in [-0.25, -0.2) is 9.59 Å². The molecular formula is C17H21ClN2O3. The molecule has 0 saturated carbocycles. The van der Waals surface area contributed by atoms with Crippen LogP contribution in [0.1, 0.15) is 38.3 Å². The van der Waals surface area contributed by atoms with E-state index in [0.717, 1.165) is 18.4 Å². The van der Waals surface area contributed by atoms with Gasteiger partial charge in [-0.05, 0) is 31.0 Å². The number of allylic oxidation sites excluding steroid dienone is 1. The Morgan fingerprint density at radius 2 is 2.00 bits per heavy atom. The van der Waals surface area contributed by atoms with E-state index in [1.165, 1.54) is 4.90 Å². The number of carbonyl (C=O) groups excluding carboxylic acids is 2. The molecule has 5 nitrogen and oxygen atoms in total. The topological polar surface area (TPSA) is 58.6 Å². The zero-order chi connectivity index (χ0) is 17.0. The number of urea groups is 1. The lowest BCUT2D eigenvalue weighted by Gasteiger charge is -2.33. The Morgan fingerprint density at radius 3 is 2.61 bits per heavy atom. The van der Waals surface area contributed by atoms with Crippen molar-refractivity contribution >= 4 is 23.6 Å². The third-order valence-corrected chi connectivity index (χ3v) is 4.16. The number of hydrogen-bond donors (Lipinski definition) is 1. The molecule has 2 amide bonds. The van der Waals surface area contributed by atoms with Gasteiger partial charge in [0.1, 0.15) is 0 Å². The molecule has 0 spiro atoms. The van der Waals surface area contributed by atoms with Gasteiger partial charge in [0.2, 0.25) is 0 Å². The van der Waals surface area contributed by atoms with Crippen molar-refractivity contribution in [1.29, 1.82) is 0 Å². The van der Waals surface area contributed by atoms with Crippen molar-refractivity contribution in [3.8, 4) is 0 Å². The van der Waals surface area contributed by atoms with E-state index < -0.39 is 12.0 Å². The summed E-state index contributed by atoms with van der Waals surface area (Å²) in [5.41, 5.74) is 1.83. The smallest absolute Gasteiger partial charge is 0.338 e. The van der Waals surface area contributed by atoms with Gasteiger partial charge in [-0.15, -0.1) is 0 Å². The predicted octanol–water partition coefficient (Wildman–Crippen LogP) is 3.65. The molecule has 0 saturated heterocycles. The van der Waals surface area contributed by atoms with Crippen molar-refractivity contribution < 1.29 is 14.3 Å². The van der Waals surface area contributed by atoms with Crippen LogP contribution in [-0.4, -0.2) is 30.6 Å². The molecule has 0 fully saturated rings. The molecule has 0 unspecified atom stereocenters. The van der Waals surface area contributed by atoms with E-state index in [2.05, 4.69) is 5.32 Å². The molecule has 6 heteroatoms. The fourth-order valence-electron chi connectivity index (χ4n) is 2.39. The second-order valence-corrected chi connectivity index (χ2v) is 5.92. The molecule has 0 aromatic heterocycles. The summed E-state index contributed by atoms with van der Waals surface area (Å²) in [6.07, 6.45) is 1.76. The summed E-state index contributed by atoms with van der Waals surface area (Å²) in [6, 6.07) is 6.27. The maximum Gasteiger partial charge on any atom is 0.338 e. The lowest BCUT2D eigenvalue weighted by atomic mass is 9.95. The van der Waals surface area contributed by atoms with Gasteiger partial charge < -0.3 is 15.0 Å². The van der Waals surface area contributed by atoms with Crippen LogP contribution in [0.2, 0.25) is 5.02 Å². The number of benzene rings is 1. The molecule has 1 aromatic rings. The lowest BCUT2D eigenvalue weighted by Crippen LogP contribution is -2.46. The van der Waals surface area contributed by atoms with Gasteiger partial charge in [0.25, 0.3) is 0 Å². The number of ether oxygens (including phenoxy) is 1. The van der Waals surface area contributed by atoms with E-state index in [0.29, 0.717) is 22.9 Å². The number of carbonyl (C=O) groups is 2. The van der Waals surface area contributed by atoms with Crippen LogP contribution >= 0.6 is 11.6 Å². The molecule has 0 bridgehead atoms. The van der Waals surface area contributed by atoms with Crippen molar-refractivity contribution in [3.05, 3.63) is 46.1 Å². The van der Waals surface area contributed by atoms with Gasteiger partial charge in [0, 0.05) is 17.8 Å². The second-order valence-electron chi connectivity index (χ2n) is 5.48. The third kappa shape index (κ3) is 3.85. The standard InChI is InChI=1S/C17H21ClN2O3/c1-4-5-10-23-16(21)14-11(2)20(3)17(22)19-15(14)12-6-8-13(18)9-7-12/h6-9,15H,4-5,10H2,1-3H3,(H,19,22)/t15-/m0/s1. The lowest BCUT2D eigenvalue weighted by molar-refractivity contribution is -0.139. The van der Waals surface area contributed by atoms with Crippen LogP contribution in [0.3, 0.4) is 0 Å². The van der Waals surface area contributed by atoms with Crippen LogP contribution in [0.25, 0.3) is 0 Å². The molecule has 1 aromatic carbocycles. The molecule has 1 aliphatic heterocycles. The average molecular weight is 337 g/mol. The Morgan fingerprint density at radius 1 is 1.35 bits per heavy atom. The normalized spacial score (nSPS) is 18.0. The first-order valence-electron chi connectivity index (χ1n) is 7.63. The quantitative estimate of drug-likeness (QED) is 0.659. The van der Waals surface area contributed by atoms with Crippen molar-refractivity contribution in [3.63, 3.8) is 0 Å². The Hall–Kier alpha value is -2.01. The van der Waals surface area contributed by atoms with Crippen LogP contribution in [0.5, 0.6) is 0 Å². The van der Waals surface area contributed by atoms with Crippen LogP contribution < -0.4 is 5.32 Å². The van der Waals surface area contributed by atoms with Crippen molar-refractivity contribution in [2.24, 2.45) is 0 Å². The van der Waals surface area contributed by atoms with Gasteiger partial charge >= 0.3 is 12.0 Å². The largest absolute Gasteiger partial charge is 0.462 e. The summed E-state index contributed by atoms with van der Waals surface area (Å²) in [5.74, 6) is -0.400. The van der Waals surface area contributed by atoms with Crippen molar-refractivity contribution in [2.75, 3.05) is 13.7 Å². The molecule has 1 heterocycles. The maximum atomic E-state index is 12.5. The number of esters is 1. The van der Waals surface area contributed by atoms with Crippen LogP contribution in [0, 0.1) is 0 Å². The highest BCUT2D eigenvalue weighted by molar-refractivity contribution is 6.30. The van der Waals surface area contributed by atoms with Gasteiger partial charge in [-0.3, -0.25) is 0 Å². The molecule has 1 atom stereocenters. The number of nitrogens with one attached hydrogen (secondary N) is 1. The Kier molecular flexibility index (Phi) is 5.66. The van der Waals surface area contributed by atoms with E-state index in [1.807, 2.05) is 6.92 Å². The summed E-state index contributed by atoms with van der Waals surface area (Å²) < 4.78 is 5.35. The van der Waals surface area contributed by atoms with Crippen molar-refractivity contribution in [2.45, 2.75) is 32.7 Å². The Labute approximate surface area is 141 Å². The van der Waals surface area contributed by atoms with E-state index in [9.17, 15) is 9.59 Å². The second kappa shape index (κ2) is 7.51. The zero-order valence-electron chi connectivity index (χ0n) is 13.6. The molecule has 0 radical (unpaired) electrons. The number of halogens is 1. The van der Waals surface area contributed by atoms with E-state index in [4.69, 9.17) is 16.3 Å². The molecule has 1 aliphatic rings. The third-order valence-electron chi connectivity index (χ3n) is 3.91. The predicted molar refractivity (Wildman–Crippen MR) is 89.1 cm³/mol. The highest BCUT2D eigenvalue weighted by atomic mass is 35.5. The van der Waals surface area contributed by atoms with E-state index in [-0.39, 0.29) is 6.03 Å². The number of amides is 2. The minimum Gasteiger partial charge on any atom is -0.462 e. The van der Waals surface area contributed by atoms with Gasteiger partial charge in [0.05, 0.1) is 18.2 Å². The van der Waals surface area contributed by atoms with Gasteiger partial charge in [-0.2, -0.15) is 0 Å². The SMILES string of the molecule is CCCCOC(=O)C1=C(C)N(C)C(=O)N[C@H]1c1ccc(Cl)cc1. The summed E-state index contributed by atoms with van der Waals surface area (Å²) in [6.45, 7) is 4.15. The first-order valence-corrected chi connectivity index (χ1v) is 8.01. The molecule has 23 heavy (non-hydrogen) atoms. The zero-order valence-corrected chi connectivity index (χ0v) is 14.3. The van der Waals surface area contributed by atoms with Crippen LogP contribution in [0.15, 0.2) is 35.5 Å². The van der Waals surface area contributed by atoms with Crippen LogP contribution in [0.4, 0.5) is 4.79 Å². The first kappa shape index (κ1) is 17.3. The van der Waals surface area contributed by atoms with Crippen LogP contribution in [-0.2, 0) is 9.53 Å². The Bertz CT molecular complexity index is 625. The minimum absolute atomic E-state index is 0.257. The fraction of sp³-hybridized carbons (Fsp3) is 0.412. The van der Waals surface area contributed by atoms with Gasteiger partial charge in [0.15, 0.2) is 0 Å². The summed E-state index contributed by atoms with van der Waals surface area (Å²) in [4.78, 5) is 26.0. The summed E-state index contributed by atoms with van der Waals surface area (Å²) >= 11 is 5.92. The van der Waals surface area contributed by atoms with E-state index >= 15 is 0 Å². The number of rotatable bonds is 5. The number of hydrogen-bond acceptors (Lipinski definition) is 3. The first-order chi connectivity index (χ1) is 11.0. The highest BCUT2D eigenvalue weighted by Gasteiger charge is 2.34. The molecule has 0 aliphatic carbocycles. The number of unbranched alkanes of at least 4 members (excludes halogenated alkanes) is 1. The highest BCUT2D eigenvalue weighted by Crippen LogP contribution is 2.31.